The SMILES string of the molecule is Cc1cc(NC(=O)C2(NC(=O)Oc3ccc(Br)s3)CCCC2)ccc1N1CCOCCC1=S. The van der Waals surface area contributed by atoms with Crippen molar-refractivity contribution in [2.24, 2.45) is 0 Å². The van der Waals surface area contributed by atoms with Gasteiger partial charge in [-0.15, -0.1) is 0 Å². The van der Waals surface area contributed by atoms with Crippen LogP contribution in [-0.4, -0.2) is 42.3 Å². The van der Waals surface area contributed by atoms with Crippen LogP contribution in [0.1, 0.15) is 37.7 Å². The Morgan fingerprint density at radius 1 is 1.21 bits per heavy atom. The molecule has 33 heavy (non-hydrogen) atoms. The van der Waals surface area contributed by atoms with Crippen LogP contribution in [0.3, 0.4) is 0 Å². The van der Waals surface area contributed by atoms with Crippen LogP contribution in [0, 0.1) is 6.92 Å². The Balaban J connectivity index is 1.45. The molecule has 1 aliphatic heterocycles. The molecule has 10 heteroatoms. The summed E-state index contributed by atoms with van der Waals surface area (Å²) in [5, 5.41) is 6.31. The van der Waals surface area contributed by atoms with Crippen molar-refractivity contribution in [1.29, 1.82) is 0 Å². The summed E-state index contributed by atoms with van der Waals surface area (Å²) in [7, 11) is 0. The lowest BCUT2D eigenvalue weighted by Gasteiger charge is -2.29. The molecule has 2 heterocycles. The Morgan fingerprint density at radius 3 is 2.70 bits per heavy atom. The van der Waals surface area contributed by atoms with E-state index in [1.165, 1.54) is 11.3 Å². The average molecular weight is 553 g/mol. The van der Waals surface area contributed by atoms with E-state index in [0.717, 1.165) is 39.3 Å². The number of rotatable bonds is 5. The number of hydrogen-bond acceptors (Lipinski definition) is 6. The Morgan fingerprint density at radius 2 is 2.00 bits per heavy atom. The van der Waals surface area contributed by atoms with Gasteiger partial charge in [-0.3, -0.25) is 4.79 Å². The molecule has 1 aliphatic carbocycles. The molecule has 176 valence electrons. The number of hydrogen-bond donors (Lipinski definition) is 2. The summed E-state index contributed by atoms with van der Waals surface area (Å²) in [5.74, 6) is -0.227. The zero-order chi connectivity index (χ0) is 23.4. The van der Waals surface area contributed by atoms with Gasteiger partial charge in [0.2, 0.25) is 5.91 Å². The monoisotopic (exact) mass is 551 g/mol. The molecule has 1 saturated carbocycles. The van der Waals surface area contributed by atoms with Crippen molar-refractivity contribution in [2.45, 2.75) is 44.6 Å². The molecule has 0 radical (unpaired) electrons. The zero-order valence-corrected chi connectivity index (χ0v) is 21.5. The molecule has 4 rings (SSSR count). The normalized spacial score (nSPS) is 18.0. The van der Waals surface area contributed by atoms with Gasteiger partial charge in [-0.1, -0.05) is 36.4 Å². The van der Waals surface area contributed by atoms with Crippen molar-refractivity contribution in [3.8, 4) is 5.06 Å². The molecule has 2 fully saturated rings. The van der Waals surface area contributed by atoms with Gasteiger partial charge in [-0.25, -0.2) is 4.79 Å². The van der Waals surface area contributed by atoms with E-state index in [1.807, 2.05) is 31.2 Å². The van der Waals surface area contributed by atoms with Gasteiger partial charge in [0.1, 0.15) is 5.54 Å². The van der Waals surface area contributed by atoms with E-state index in [9.17, 15) is 9.59 Å². The van der Waals surface area contributed by atoms with E-state index in [1.54, 1.807) is 6.07 Å². The minimum Gasteiger partial charge on any atom is -0.399 e. The van der Waals surface area contributed by atoms with Gasteiger partial charge in [0.15, 0.2) is 5.06 Å². The van der Waals surface area contributed by atoms with E-state index >= 15 is 0 Å². The Bertz CT molecular complexity index is 1050. The number of halogens is 1. The smallest absolute Gasteiger partial charge is 0.399 e. The van der Waals surface area contributed by atoms with Gasteiger partial charge >= 0.3 is 6.09 Å². The number of thiocarbonyl (C=S) groups is 1. The quantitative estimate of drug-likeness (QED) is 0.483. The molecule has 0 unspecified atom stereocenters. The number of thiophene rings is 1. The molecule has 2 amide bonds. The van der Waals surface area contributed by atoms with Gasteiger partial charge in [0, 0.05) is 24.3 Å². The minimum atomic E-state index is -0.984. The maximum absolute atomic E-state index is 13.3. The number of nitrogens with one attached hydrogen (secondary N) is 2. The minimum absolute atomic E-state index is 0.227. The third-order valence-corrected chi connectivity index (χ3v) is 7.87. The molecule has 0 atom stereocenters. The molecule has 0 bridgehead atoms. The summed E-state index contributed by atoms with van der Waals surface area (Å²) >= 11 is 10.2. The fourth-order valence-electron chi connectivity index (χ4n) is 4.27. The summed E-state index contributed by atoms with van der Waals surface area (Å²) in [6.07, 6.45) is 2.97. The predicted molar refractivity (Wildman–Crippen MR) is 138 cm³/mol. The van der Waals surface area contributed by atoms with Crippen LogP contribution in [0.4, 0.5) is 16.2 Å². The number of ether oxygens (including phenoxy) is 2. The van der Waals surface area contributed by atoms with E-state index in [2.05, 4.69) is 31.5 Å². The van der Waals surface area contributed by atoms with Gasteiger partial charge in [-0.05, 0) is 71.6 Å². The summed E-state index contributed by atoms with van der Waals surface area (Å²) in [5.41, 5.74) is 1.72. The second kappa shape index (κ2) is 10.5. The number of anilines is 2. The van der Waals surface area contributed by atoms with Crippen molar-refractivity contribution in [3.05, 3.63) is 39.7 Å². The molecular formula is C23H26BrN3O4S2. The highest BCUT2D eigenvalue weighted by atomic mass is 79.9. The summed E-state index contributed by atoms with van der Waals surface area (Å²) < 4.78 is 11.8. The molecule has 0 spiro atoms. The van der Waals surface area contributed by atoms with Crippen LogP contribution >= 0.6 is 39.5 Å². The Labute approximate surface area is 210 Å². The fourth-order valence-corrected chi connectivity index (χ4v) is 5.74. The summed E-state index contributed by atoms with van der Waals surface area (Å²) in [6.45, 7) is 3.98. The Hall–Kier alpha value is -2.01. The van der Waals surface area contributed by atoms with Crippen molar-refractivity contribution < 1.29 is 19.1 Å². The van der Waals surface area contributed by atoms with Crippen molar-refractivity contribution in [2.75, 3.05) is 30.0 Å². The highest BCUT2D eigenvalue weighted by Gasteiger charge is 2.43. The molecule has 2 N–H and O–H groups in total. The first-order valence-electron chi connectivity index (χ1n) is 10.9. The van der Waals surface area contributed by atoms with Crippen LogP contribution in [0.2, 0.25) is 0 Å². The van der Waals surface area contributed by atoms with Crippen LogP contribution in [0.15, 0.2) is 34.1 Å². The van der Waals surface area contributed by atoms with Crippen molar-refractivity contribution in [1.82, 2.24) is 5.32 Å². The molecule has 1 saturated heterocycles. The van der Waals surface area contributed by atoms with Crippen LogP contribution < -0.4 is 20.3 Å². The maximum atomic E-state index is 13.3. The molecule has 1 aromatic heterocycles. The maximum Gasteiger partial charge on any atom is 0.414 e. The lowest BCUT2D eigenvalue weighted by Crippen LogP contribution is -2.55. The first-order chi connectivity index (χ1) is 15.9. The largest absolute Gasteiger partial charge is 0.414 e. The molecular weight excluding hydrogens is 526 g/mol. The third kappa shape index (κ3) is 5.74. The fraction of sp³-hybridized carbons (Fsp3) is 0.435. The molecule has 7 nitrogen and oxygen atoms in total. The predicted octanol–water partition coefficient (Wildman–Crippen LogP) is 5.41. The number of benzene rings is 1. The van der Waals surface area contributed by atoms with Gasteiger partial charge < -0.3 is 25.0 Å². The molecule has 2 aromatic rings. The van der Waals surface area contributed by atoms with Gasteiger partial charge in [0.05, 0.1) is 22.0 Å². The average Bonchev–Trinajstić information content (AvgIpc) is 3.35. The number of aryl methyl sites for hydroxylation is 1. The van der Waals surface area contributed by atoms with Crippen molar-refractivity contribution in [3.63, 3.8) is 0 Å². The number of amides is 2. The third-order valence-electron chi connectivity index (χ3n) is 5.94. The van der Waals surface area contributed by atoms with E-state index in [4.69, 9.17) is 21.7 Å². The lowest BCUT2D eigenvalue weighted by atomic mass is 9.96. The number of carbonyl (C=O) groups is 2. The topological polar surface area (TPSA) is 79.9 Å². The van der Waals surface area contributed by atoms with Crippen LogP contribution in [0.5, 0.6) is 5.06 Å². The van der Waals surface area contributed by atoms with Crippen LogP contribution in [0.25, 0.3) is 0 Å². The zero-order valence-electron chi connectivity index (χ0n) is 18.3. The van der Waals surface area contributed by atoms with Crippen molar-refractivity contribution >= 4 is 67.8 Å². The number of nitrogens with zero attached hydrogens (tertiary/aromatic N) is 1. The highest BCUT2D eigenvalue weighted by Crippen LogP contribution is 2.33. The van der Waals surface area contributed by atoms with Crippen LogP contribution in [-0.2, 0) is 9.53 Å². The summed E-state index contributed by atoms with van der Waals surface area (Å²) in [4.78, 5) is 28.8. The molecule has 1 aromatic carbocycles. The first-order valence-corrected chi connectivity index (χ1v) is 12.9. The van der Waals surface area contributed by atoms with Gasteiger partial charge in [-0.2, -0.15) is 0 Å². The highest BCUT2D eigenvalue weighted by molar-refractivity contribution is 9.11. The molecule has 2 aliphatic rings. The first kappa shape index (κ1) is 24.1. The van der Waals surface area contributed by atoms with E-state index in [0.29, 0.717) is 43.4 Å². The van der Waals surface area contributed by atoms with E-state index in [-0.39, 0.29) is 5.91 Å². The lowest BCUT2D eigenvalue weighted by molar-refractivity contribution is -0.122. The second-order valence-electron chi connectivity index (χ2n) is 8.23. The number of carbonyl (C=O) groups excluding carboxylic acids is 2. The standard InChI is InChI=1S/C23H26BrN3O4S2/c1-15-14-16(4-5-17(15)27-11-13-30-12-8-19(27)32)25-21(28)23(9-2-3-10-23)26-22(29)31-20-7-6-18(24)33-20/h4-7,14H,2-3,8-13H2,1H3,(H,25,28)(H,26,29). The Kier molecular flexibility index (Phi) is 7.68. The second-order valence-corrected chi connectivity index (χ2v) is 11.1. The van der Waals surface area contributed by atoms with Gasteiger partial charge in [0.25, 0.3) is 0 Å². The van der Waals surface area contributed by atoms with E-state index < -0.39 is 11.6 Å². The summed E-state index contributed by atoms with van der Waals surface area (Å²) in [6, 6.07) is 9.30.